The molecule has 2 atom stereocenters. The van der Waals surface area contributed by atoms with Crippen molar-refractivity contribution in [2.24, 2.45) is 10.8 Å². The number of aliphatic hydroxyl groups excluding tert-OH is 1. The molecule has 0 aromatic heterocycles. The topological polar surface area (TPSA) is 20.2 Å². The summed E-state index contributed by atoms with van der Waals surface area (Å²) < 4.78 is 0. The van der Waals surface area contributed by atoms with Gasteiger partial charge in [0.05, 0.1) is 6.10 Å². The maximum absolute atomic E-state index is 9.48. The zero-order chi connectivity index (χ0) is 10.8. The Kier molecular flexibility index (Phi) is 3.27. The van der Waals surface area contributed by atoms with E-state index in [2.05, 4.69) is 39.5 Å². The summed E-state index contributed by atoms with van der Waals surface area (Å²) in [6.07, 6.45) is 3.84. The van der Waals surface area contributed by atoms with E-state index in [9.17, 15) is 5.11 Å². The van der Waals surface area contributed by atoms with Gasteiger partial charge in [-0.1, -0.05) is 12.8 Å². The van der Waals surface area contributed by atoms with Crippen LogP contribution in [0.4, 0.5) is 0 Å². The zero-order valence-electron chi connectivity index (χ0n) is 9.85. The van der Waals surface area contributed by atoms with Crippen LogP contribution in [0.1, 0.15) is 53.4 Å². The van der Waals surface area contributed by atoms with Crippen LogP contribution >= 0.6 is 0 Å². The molecule has 1 rings (SSSR count). The van der Waals surface area contributed by atoms with Crippen LogP contribution in [0.5, 0.6) is 0 Å². The molecule has 1 heteroatoms. The van der Waals surface area contributed by atoms with Gasteiger partial charge in [-0.2, -0.15) is 0 Å². The average molecular weight is 194 g/mol. The number of aliphatic hydroxyl groups is 1. The quantitative estimate of drug-likeness (QED) is 0.636. The van der Waals surface area contributed by atoms with E-state index in [0.29, 0.717) is 0 Å². The van der Waals surface area contributed by atoms with Crippen LogP contribution in [0.15, 0.2) is 0 Å². The maximum atomic E-state index is 9.48. The number of hydrogen-bond donors (Lipinski definition) is 1. The highest BCUT2D eigenvalue weighted by atomic mass is 16.3. The van der Waals surface area contributed by atoms with E-state index < -0.39 is 0 Å². The molecule has 2 unspecified atom stereocenters. The fraction of sp³-hybridized carbons (Fsp3) is 0.846. The van der Waals surface area contributed by atoms with E-state index in [1.54, 1.807) is 0 Å². The molecule has 0 aliphatic heterocycles. The standard InChI is InChI=1S/C13H22O/c1-12(2,3)7-5-8-13(4)9-6-11(14)10-13/h11,14H,6,8-10H2,1-4H3. The molecule has 1 aliphatic carbocycles. The van der Waals surface area contributed by atoms with Crippen LogP contribution in [0.25, 0.3) is 0 Å². The second-order valence-electron chi connectivity index (χ2n) is 5.94. The summed E-state index contributed by atoms with van der Waals surface area (Å²) in [7, 11) is 0. The van der Waals surface area contributed by atoms with Crippen LogP contribution in [0.3, 0.4) is 0 Å². The second-order valence-corrected chi connectivity index (χ2v) is 5.94. The highest BCUT2D eigenvalue weighted by molar-refractivity contribution is 5.10. The lowest BCUT2D eigenvalue weighted by molar-refractivity contribution is 0.165. The summed E-state index contributed by atoms with van der Waals surface area (Å²) in [6, 6.07) is 0. The Morgan fingerprint density at radius 1 is 1.43 bits per heavy atom. The first kappa shape index (κ1) is 11.6. The molecule has 80 valence electrons. The van der Waals surface area contributed by atoms with Crippen molar-refractivity contribution in [3.05, 3.63) is 0 Å². The van der Waals surface area contributed by atoms with Gasteiger partial charge < -0.3 is 5.11 Å². The van der Waals surface area contributed by atoms with Gasteiger partial charge in [-0.15, -0.1) is 5.92 Å². The first-order valence-electron chi connectivity index (χ1n) is 5.49. The van der Waals surface area contributed by atoms with Crippen LogP contribution in [0.2, 0.25) is 0 Å². The van der Waals surface area contributed by atoms with Crippen molar-refractivity contribution >= 4 is 0 Å². The Labute approximate surface area is 87.9 Å². The Bertz CT molecular complexity index is 251. The van der Waals surface area contributed by atoms with Crippen LogP contribution in [-0.4, -0.2) is 11.2 Å². The van der Waals surface area contributed by atoms with Crippen molar-refractivity contribution in [3.63, 3.8) is 0 Å². The Balaban J connectivity index is 2.48. The molecule has 14 heavy (non-hydrogen) atoms. The van der Waals surface area contributed by atoms with Gasteiger partial charge in [0.1, 0.15) is 0 Å². The summed E-state index contributed by atoms with van der Waals surface area (Å²) in [5.41, 5.74) is 0.366. The predicted octanol–water partition coefficient (Wildman–Crippen LogP) is 2.98. The molecular formula is C13H22O. The van der Waals surface area contributed by atoms with Crippen molar-refractivity contribution in [1.29, 1.82) is 0 Å². The van der Waals surface area contributed by atoms with Gasteiger partial charge in [0.15, 0.2) is 0 Å². The van der Waals surface area contributed by atoms with Crippen molar-refractivity contribution in [2.75, 3.05) is 0 Å². The third kappa shape index (κ3) is 3.72. The summed E-state index contributed by atoms with van der Waals surface area (Å²) >= 11 is 0. The molecule has 0 aromatic carbocycles. The van der Waals surface area contributed by atoms with E-state index in [1.165, 1.54) is 0 Å². The van der Waals surface area contributed by atoms with E-state index in [-0.39, 0.29) is 16.9 Å². The highest BCUT2D eigenvalue weighted by Gasteiger charge is 2.33. The van der Waals surface area contributed by atoms with Gasteiger partial charge >= 0.3 is 0 Å². The predicted molar refractivity (Wildman–Crippen MR) is 59.8 cm³/mol. The molecule has 1 saturated carbocycles. The lowest BCUT2D eigenvalue weighted by Gasteiger charge is -2.20. The fourth-order valence-corrected chi connectivity index (χ4v) is 1.97. The Morgan fingerprint density at radius 3 is 2.50 bits per heavy atom. The molecule has 0 aromatic rings. The smallest absolute Gasteiger partial charge is 0.0546 e. The molecule has 1 fully saturated rings. The third-order valence-electron chi connectivity index (χ3n) is 2.79. The van der Waals surface area contributed by atoms with Gasteiger partial charge in [-0.3, -0.25) is 0 Å². The molecular weight excluding hydrogens is 172 g/mol. The van der Waals surface area contributed by atoms with E-state index in [4.69, 9.17) is 0 Å². The van der Waals surface area contributed by atoms with Gasteiger partial charge in [0, 0.05) is 11.8 Å². The lowest BCUT2D eigenvalue weighted by atomic mass is 9.84. The normalized spacial score (nSPS) is 32.5. The molecule has 1 nitrogen and oxygen atoms in total. The fourth-order valence-electron chi connectivity index (χ4n) is 1.97. The van der Waals surface area contributed by atoms with Crippen molar-refractivity contribution in [1.82, 2.24) is 0 Å². The third-order valence-corrected chi connectivity index (χ3v) is 2.79. The highest BCUT2D eigenvalue weighted by Crippen LogP contribution is 2.40. The van der Waals surface area contributed by atoms with Gasteiger partial charge in [-0.25, -0.2) is 0 Å². The van der Waals surface area contributed by atoms with E-state index >= 15 is 0 Å². The molecule has 1 N–H and O–H groups in total. The van der Waals surface area contributed by atoms with Crippen molar-refractivity contribution in [3.8, 4) is 11.8 Å². The van der Waals surface area contributed by atoms with E-state index in [1.807, 2.05) is 0 Å². The molecule has 0 heterocycles. The summed E-state index contributed by atoms with van der Waals surface area (Å²) in [4.78, 5) is 0. The maximum Gasteiger partial charge on any atom is 0.0546 e. The zero-order valence-corrected chi connectivity index (χ0v) is 9.85. The first-order valence-corrected chi connectivity index (χ1v) is 5.49. The second kappa shape index (κ2) is 3.95. The molecule has 0 amide bonds. The van der Waals surface area contributed by atoms with Gasteiger partial charge in [-0.05, 0) is 45.4 Å². The van der Waals surface area contributed by atoms with Crippen molar-refractivity contribution in [2.45, 2.75) is 59.5 Å². The molecule has 0 saturated heterocycles. The Hall–Kier alpha value is -0.480. The first-order chi connectivity index (χ1) is 6.31. The minimum Gasteiger partial charge on any atom is -0.393 e. The van der Waals surface area contributed by atoms with Crippen LogP contribution in [0, 0.1) is 22.7 Å². The molecule has 0 radical (unpaired) electrons. The van der Waals surface area contributed by atoms with Gasteiger partial charge in [0.25, 0.3) is 0 Å². The minimum atomic E-state index is -0.0866. The summed E-state index contributed by atoms with van der Waals surface area (Å²) in [5, 5.41) is 9.48. The minimum absolute atomic E-state index is 0.0866. The Morgan fingerprint density at radius 2 is 2.07 bits per heavy atom. The SMILES string of the molecule is CC(C)(C)C#CCC1(C)CCC(O)C1. The average Bonchev–Trinajstić information content (AvgIpc) is 2.28. The number of rotatable bonds is 1. The molecule has 1 aliphatic rings. The number of hydrogen-bond acceptors (Lipinski definition) is 1. The lowest BCUT2D eigenvalue weighted by Crippen LogP contribution is -2.12. The summed E-state index contributed by atoms with van der Waals surface area (Å²) in [6.45, 7) is 8.63. The van der Waals surface area contributed by atoms with Crippen molar-refractivity contribution < 1.29 is 5.11 Å². The van der Waals surface area contributed by atoms with Gasteiger partial charge in [0.2, 0.25) is 0 Å². The van der Waals surface area contributed by atoms with Crippen LogP contribution < -0.4 is 0 Å². The molecule has 0 bridgehead atoms. The summed E-state index contributed by atoms with van der Waals surface area (Å²) in [5.74, 6) is 6.52. The van der Waals surface area contributed by atoms with E-state index in [0.717, 1.165) is 25.7 Å². The largest absolute Gasteiger partial charge is 0.393 e. The van der Waals surface area contributed by atoms with Crippen LogP contribution in [-0.2, 0) is 0 Å². The monoisotopic (exact) mass is 194 g/mol. The molecule has 0 spiro atoms.